The van der Waals surface area contributed by atoms with E-state index in [0.29, 0.717) is 28.6 Å². The van der Waals surface area contributed by atoms with Crippen LogP contribution in [0.4, 0.5) is 10.2 Å². The molecule has 5 nitrogen and oxygen atoms in total. The number of aliphatic hydroxyl groups is 1. The predicted molar refractivity (Wildman–Crippen MR) is 103 cm³/mol. The number of anilines is 1. The smallest absolute Gasteiger partial charge is 0.220 e. The van der Waals surface area contributed by atoms with Gasteiger partial charge in [-0.25, -0.2) is 9.97 Å². The standard InChI is InChI=1S/C20H16ClFN4O/c21-16-6-2-1-4-12(16)10-24-17-8-7-14(19(22)26-17)18(27)15-11-25-20-13(15)5-3-9-23-20/h1-9,11,18,27H,10H2,(H,23,25)(H,24,26). The van der Waals surface area contributed by atoms with Gasteiger partial charge in [-0.2, -0.15) is 4.39 Å². The van der Waals surface area contributed by atoms with E-state index in [-0.39, 0.29) is 5.56 Å². The maximum Gasteiger partial charge on any atom is 0.220 e. The number of hydrogen-bond acceptors (Lipinski definition) is 4. The van der Waals surface area contributed by atoms with Crippen molar-refractivity contribution in [2.75, 3.05) is 5.32 Å². The number of fused-ring (bicyclic) bond motifs is 1. The number of aliphatic hydroxyl groups excluding tert-OH is 1. The first-order valence-corrected chi connectivity index (χ1v) is 8.75. The van der Waals surface area contributed by atoms with Crippen LogP contribution in [0.2, 0.25) is 5.02 Å². The van der Waals surface area contributed by atoms with E-state index < -0.39 is 12.1 Å². The number of nitrogens with one attached hydrogen (secondary N) is 2. The summed E-state index contributed by atoms with van der Waals surface area (Å²) in [5.41, 5.74) is 2.17. The lowest BCUT2D eigenvalue weighted by molar-refractivity contribution is 0.215. The zero-order valence-electron chi connectivity index (χ0n) is 14.2. The maximum atomic E-state index is 14.5. The van der Waals surface area contributed by atoms with Crippen LogP contribution in [0.25, 0.3) is 11.0 Å². The number of H-pyrrole nitrogens is 1. The molecule has 0 aliphatic carbocycles. The monoisotopic (exact) mass is 382 g/mol. The molecule has 4 aromatic rings. The number of benzene rings is 1. The molecule has 1 atom stereocenters. The van der Waals surface area contributed by atoms with Crippen molar-refractivity contribution in [3.05, 3.63) is 88.6 Å². The highest BCUT2D eigenvalue weighted by Gasteiger charge is 2.20. The minimum atomic E-state index is -1.15. The van der Waals surface area contributed by atoms with Gasteiger partial charge in [0.1, 0.15) is 17.6 Å². The Hall–Kier alpha value is -2.96. The highest BCUT2D eigenvalue weighted by Crippen LogP contribution is 2.29. The number of hydrogen-bond donors (Lipinski definition) is 3. The van der Waals surface area contributed by atoms with Gasteiger partial charge in [0.2, 0.25) is 5.95 Å². The van der Waals surface area contributed by atoms with Crippen LogP contribution in [0.3, 0.4) is 0 Å². The molecule has 4 rings (SSSR count). The van der Waals surface area contributed by atoms with Crippen molar-refractivity contribution < 1.29 is 9.50 Å². The Balaban J connectivity index is 1.55. The molecule has 1 aromatic carbocycles. The molecule has 0 aliphatic rings. The third kappa shape index (κ3) is 3.49. The van der Waals surface area contributed by atoms with Crippen LogP contribution in [0, 0.1) is 5.95 Å². The van der Waals surface area contributed by atoms with E-state index in [1.165, 1.54) is 6.07 Å². The van der Waals surface area contributed by atoms with Crippen molar-refractivity contribution in [2.45, 2.75) is 12.6 Å². The third-order valence-electron chi connectivity index (χ3n) is 4.37. The molecule has 0 spiro atoms. The molecule has 1 unspecified atom stereocenters. The van der Waals surface area contributed by atoms with E-state index in [4.69, 9.17) is 11.6 Å². The normalized spacial score (nSPS) is 12.3. The summed E-state index contributed by atoms with van der Waals surface area (Å²) >= 11 is 6.12. The Morgan fingerprint density at radius 2 is 1.96 bits per heavy atom. The van der Waals surface area contributed by atoms with Crippen LogP contribution in [0.15, 0.2) is 60.9 Å². The average molecular weight is 383 g/mol. The van der Waals surface area contributed by atoms with E-state index in [2.05, 4.69) is 20.3 Å². The summed E-state index contributed by atoms with van der Waals surface area (Å²) in [6.07, 6.45) is 2.13. The molecule has 3 aromatic heterocycles. The summed E-state index contributed by atoms with van der Waals surface area (Å²) < 4.78 is 14.5. The van der Waals surface area contributed by atoms with Gasteiger partial charge in [-0.05, 0) is 35.9 Å². The quantitative estimate of drug-likeness (QED) is 0.446. The lowest BCUT2D eigenvalue weighted by Crippen LogP contribution is -2.07. The highest BCUT2D eigenvalue weighted by atomic mass is 35.5. The van der Waals surface area contributed by atoms with Gasteiger partial charge in [-0.1, -0.05) is 29.8 Å². The van der Waals surface area contributed by atoms with Gasteiger partial charge in [0.05, 0.1) is 0 Å². The summed E-state index contributed by atoms with van der Waals surface area (Å²) in [4.78, 5) is 11.1. The zero-order valence-corrected chi connectivity index (χ0v) is 14.9. The van der Waals surface area contributed by atoms with Crippen LogP contribution in [-0.2, 0) is 6.54 Å². The van der Waals surface area contributed by atoms with Crippen LogP contribution >= 0.6 is 11.6 Å². The van der Waals surface area contributed by atoms with Crippen LogP contribution < -0.4 is 5.32 Å². The Bertz CT molecular complexity index is 1100. The van der Waals surface area contributed by atoms with Crippen molar-refractivity contribution in [2.24, 2.45) is 0 Å². The van der Waals surface area contributed by atoms with Crippen molar-refractivity contribution in [1.82, 2.24) is 15.0 Å². The summed E-state index contributed by atoms with van der Waals surface area (Å²) in [6.45, 7) is 0.419. The van der Waals surface area contributed by atoms with Gasteiger partial charge in [0.25, 0.3) is 0 Å². The molecular weight excluding hydrogens is 367 g/mol. The minimum absolute atomic E-state index is 0.100. The average Bonchev–Trinajstić information content (AvgIpc) is 3.11. The molecule has 27 heavy (non-hydrogen) atoms. The number of nitrogens with zero attached hydrogens (tertiary/aromatic N) is 2. The first-order chi connectivity index (χ1) is 13.1. The van der Waals surface area contributed by atoms with E-state index in [1.54, 1.807) is 30.6 Å². The topological polar surface area (TPSA) is 73.8 Å². The van der Waals surface area contributed by atoms with E-state index in [0.717, 1.165) is 10.9 Å². The Morgan fingerprint density at radius 1 is 1.11 bits per heavy atom. The van der Waals surface area contributed by atoms with E-state index in [1.807, 2.05) is 24.3 Å². The third-order valence-corrected chi connectivity index (χ3v) is 4.74. The summed E-state index contributed by atoms with van der Waals surface area (Å²) in [7, 11) is 0. The van der Waals surface area contributed by atoms with Crippen LogP contribution in [0.1, 0.15) is 22.8 Å². The van der Waals surface area contributed by atoms with Gasteiger partial charge in [-0.3, -0.25) is 0 Å². The summed E-state index contributed by atoms with van der Waals surface area (Å²) in [5.74, 6) is -0.367. The van der Waals surface area contributed by atoms with Gasteiger partial charge in [0, 0.05) is 40.5 Å². The molecule has 7 heteroatoms. The number of pyridine rings is 2. The van der Waals surface area contributed by atoms with Crippen molar-refractivity contribution >= 4 is 28.5 Å². The SMILES string of the molecule is OC(c1ccc(NCc2ccccc2Cl)nc1F)c1c[nH]c2ncccc12. The van der Waals surface area contributed by atoms with E-state index >= 15 is 0 Å². The van der Waals surface area contributed by atoms with Crippen molar-refractivity contribution in [3.63, 3.8) is 0 Å². The van der Waals surface area contributed by atoms with Gasteiger partial charge in [0.15, 0.2) is 0 Å². The summed E-state index contributed by atoms with van der Waals surface area (Å²) in [5, 5.41) is 15.0. The largest absolute Gasteiger partial charge is 0.383 e. The molecule has 0 saturated heterocycles. The zero-order chi connectivity index (χ0) is 18.8. The van der Waals surface area contributed by atoms with Gasteiger partial charge < -0.3 is 15.4 Å². The number of aromatic nitrogens is 3. The Labute approximate surface area is 159 Å². The fourth-order valence-electron chi connectivity index (χ4n) is 2.95. The summed E-state index contributed by atoms with van der Waals surface area (Å²) in [6, 6.07) is 14.2. The van der Waals surface area contributed by atoms with Crippen molar-refractivity contribution in [3.8, 4) is 0 Å². The molecule has 0 saturated carbocycles. The fraction of sp³-hybridized carbons (Fsp3) is 0.100. The fourth-order valence-corrected chi connectivity index (χ4v) is 3.15. The van der Waals surface area contributed by atoms with Gasteiger partial charge in [-0.15, -0.1) is 0 Å². The molecule has 0 amide bonds. The molecule has 0 radical (unpaired) electrons. The molecule has 0 bridgehead atoms. The Kier molecular flexibility index (Phi) is 4.75. The van der Waals surface area contributed by atoms with Crippen molar-refractivity contribution in [1.29, 1.82) is 0 Å². The minimum Gasteiger partial charge on any atom is -0.383 e. The lowest BCUT2D eigenvalue weighted by Gasteiger charge is -2.13. The second-order valence-corrected chi connectivity index (χ2v) is 6.47. The van der Waals surface area contributed by atoms with Crippen LogP contribution in [0.5, 0.6) is 0 Å². The molecule has 0 fully saturated rings. The first kappa shape index (κ1) is 17.5. The molecule has 0 aliphatic heterocycles. The number of halogens is 2. The molecule has 3 N–H and O–H groups in total. The lowest BCUT2D eigenvalue weighted by atomic mass is 10.0. The van der Waals surface area contributed by atoms with Gasteiger partial charge >= 0.3 is 0 Å². The maximum absolute atomic E-state index is 14.5. The highest BCUT2D eigenvalue weighted by molar-refractivity contribution is 6.31. The number of rotatable bonds is 5. The molecule has 3 heterocycles. The second kappa shape index (κ2) is 7.34. The number of aromatic amines is 1. The Morgan fingerprint density at radius 3 is 2.78 bits per heavy atom. The second-order valence-electron chi connectivity index (χ2n) is 6.07. The molecule has 136 valence electrons. The van der Waals surface area contributed by atoms with Crippen LogP contribution in [-0.4, -0.2) is 20.1 Å². The first-order valence-electron chi connectivity index (χ1n) is 8.37. The van der Waals surface area contributed by atoms with E-state index in [9.17, 15) is 9.50 Å². The molecular formula is C20H16ClFN4O. The predicted octanol–water partition coefficient (Wildman–Crippen LogP) is 4.44.